The van der Waals surface area contributed by atoms with Crippen LogP contribution in [-0.4, -0.2) is 99.4 Å². The Kier molecular flexibility index (Phi) is 16.5. The number of aryl methyl sites for hydroxylation is 1. The standard InChI is InChI=1S/C14H15ClN2O.C14H16N2O2.C13H19NO2.C5H8N2/c1-18-11-4-5-12-10(8-11)9-13(16-14(12)15)17-6-2-3-7-17;1-18-11-4-5-12-10(8-11)9-13(15-14(12)17)16-6-2-3-7-16;1-5-14(6-2)13(15)12-8-7-11(16-4)9-10(12)3;6-5-7-3-1-2-4-7/h4-5,8-9H,2-3,6-7H2,1H3;4-5,8-9H,2-3,6-7H2,1H3,(H,15,17);7-9H,5-6H2,1-4H3;1-4H2. The second kappa shape index (κ2) is 21.9. The van der Waals surface area contributed by atoms with Crippen molar-refractivity contribution in [1.29, 1.82) is 5.26 Å². The second-order valence-electron chi connectivity index (χ2n) is 14.6. The van der Waals surface area contributed by atoms with Gasteiger partial charge in [0.15, 0.2) is 6.19 Å². The number of carbonyl (C=O) groups excluding carboxylic acids is 1. The molecule has 3 aliphatic heterocycles. The second-order valence-corrected chi connectivity index (χ2v) is 15.0. The molecule has 2 aromatic heterocycles. The topological polar surface area (TPSA) is 127 Å². The average Bonchev–Trinajstić information content (AvgIpc) is 4.10. The lowest BCUT2D eigenvalue weighted by molar-refractivity contribution is 0.0772. The van der Waals surface area contributed by atoms with Crippen molar-refractivity contribution in [2.75, 3.05) is 83.5 Å². The Balaban J connectivity index is 0.000000156. The van der Waals surface area contributed by atoms with Crippen molar-refractivity contribution in [2.45, 2.75) is 59.3 Å². The lowest BCUT2D eigenvalue weighted by Gasteiger charge is -2.19. The third-order valence-corrected chi connectivity index (χ3v) is 11.1. The number of hydrogen-bond acceptors (Lipinski definition) is 10. The van der Waals surface area contributed by atoms with Crippen LogP contribution in [0.4, 0.5) is 11.6 Å². The minimum atomic E-state index is -0.0305. The van der Waals surface area contributed by atoms with Crippen LogP contribution in [0.1, 0.15) is 68.3 Å². The fourth-order valence-electron chi connectivity index (χ4n) is 7.41. The van der Waals surface area contributed by atoms with E-state index in [0.717, 1.165) is 109 Å². The molecule has 0 saturated carbocycles. The Morgan fingerprint density at radius 2 is 1.25 bits per heavy atom. The molecular formula is C46H58ClN7O5. The van der Waals surface area contributed by atoms with Gasteiger partial charge in [-0.15, -0.1) is 0 Å². The molecule has 0 atom stereocenters. The van der Waals surface area contributed by atoms with E-state index in [4.69, 9.17) is 31.1 Å². The highest BCUT2D eigenvalue weighted by atomic mass is 35.5. The van der Waals surface area contributed by atoms with Crippen molar-refractivity contribution in [3.8, 4) is 23.4 Å². The predicted octanol–water partition coefficient (Wildman–Crippen LogP) is 8.68. The number of nitrogens with zero attached hydrogens (tertiary/aromatic N) is 6. The number of likely N-dealkylation sites (tertiary alicyclic amines) is 1. The van der Waals surface area contributed by atoms with E-state index in [1.807, 2.05) is 80.3 Å². The van der Waals surface area contributed by atoms with Crippen LogP contribution >= 0.6 is 11.6 Å². The van der Waals surface area contributed by atoms with Crippen LogP contribution in [0.3, 0.4) is 0 Å². The first-order valence-electron chi connectivity index (χ1n) is 20.6. The van der Waals surface area contributed by atoms with Crippen molar-refractivity contribution < 1.29 is 19.0 Å². The van der Waals surface area contributed by atoms with Crippen LogP contribution in [0.5, 0.6) is 17.2 Å². The molecule has 0 bridgehead atoms. The molecule has 13 heteroatoms. The molecule has 0 radical (unpaired) electrons. The third-order valence-electron chi connectivity index (χ3n) is 10.9. The maximum absolute atomic E-state index is 12.1. The summed E-state index contributed by atoms with van der Waals surface area (Å²) < 4.78 is 15.6. The van der Waals surface area contributed by atoms with E-state index in [0.29, 0.717) is 10.5 Å². The Morgan fingerprint density at radius 1 is 0.746 bits per heavy atom. The van der Waals surface area contributed by atoms with E-state index in [-0.39, 0.29) is 11.5 Å². The molecule has 5 aromatic rings. The highest BCUT2D eigenvalue weighted by molar-refractivity contribution is 6.34. The van der Waals surface area contributed by atoms with Crippen molar-refractivity contribution in [1.82, 2.24) is 19.8 Å². The summed E-state index contributed by atoms with van der Waals surface area (Å²) in [6.07, 6.45) is 9.35. The number of nitrogens with one attached hydrogen (secondary N) is 1. The molecule has 0 spiro atoms. The molecule has 314 valence electrons. The first-order valence-corrected chi connectivity index (χ1v) is 20.9. The van der Waals surface area contributed by atoms with Gasteiger partial charge in [0.05, 0.1) is 21.3 Å². The summed E-state index contributed by atoms with van der Waals surface area (Å²) >= 11 is 6.26. The monoisotopic (exact) mass is 823 g/mol. The van der Waals surface area contributed by atoms with E-state index >= 15 is 0 Å². The van der Waals surface area contributed by atoms with Crippen LogP contribution in [0.2, 0.25) is 5.15 Å². The smallest absolute Gasteiger partial charge is 0.257 e. The number of carbonyl (C=O) groups is 1. The number of aromatic nitrogens is 2. The summed E-state index contributed by atoms with van der Waals surface area (Å²) in [5.74, 6) is 4.38. The first kappa shape index (κ1) is 44.4. The van der Waals surface area contributed by atoms with E-state index < -0.39 is 0 Å². The summed E-state index contributed by atoms with van der Waals surface area (Å²) in [5.41, 5.74) is 1.68. The summed E-state index contributed by atoms with van der Waals surface area (Å²) in [6, 6.07) is 21.1. The number of H-pyrrole nitrogens is 1. The van der Waals surface area contributed by atoms with Gasteiger partial charge < -0.3 is 38.8 Å². The number of ether oxygens (including phenoxy) is 3. The summed E-state index contributed by atoms with van der Waals surface area (Å²) in [5, 5.41) is 12.5. The van der Waals surface area contributed by atoms with Crippen LogP contribution in [0, 0.1) is 18.4 Å². The number of fused-ring (bicyclic) bond motifs is 2. The SMILES string of the molecule is CCN(CC)C(=O)c1ccc(OC)cc1C.COc1ccc2c(=O)[nH]c(N3CCCC3)cc2c1.COc1ccc2c(Cl)nc(N3CCCC3)cc2c1.N#CN1CCCC1. The lowest BCUT2D eigenvalue weighted by atomic mass is 10.1. The molecule has 12 nitrogen and oxygen atoms in total. The van der Waals surface area contributed by atoms with E-state index in [9.17, 15) is 9.59 Å². The number of nitriles is 1. The van der Waals surface area contributed by atoms with Gasteiger partial charge in [0.1, 0.15) is 34.0 Å². The number of halogens is 1. The maximum Gasteiger partial charge on any atom is 0.257 e. The zero-order valence-electron chi connectivity index (χ0n) is 35.4. The molecular weight excluding hydrogens is 766 g/mol. The highest BCUT2D eigenvalue weighted by Gasteiger charge is 2.17. The van der Waals surface area contributed by atoms with Gasteiger partial charge in [-0.25, -0.2) is 4.98 Å². The Labute approximate surface area is 353 Å². The molecule has 3 saturated heterocycles. The van der Waals surface area contributed by atoms with Crippen molar-refractivity contribution >= 4 is 50.7 Å². The minimum absolute atomic E-state index is 0.0305. The number of rotatable bonds is 8. The third kappa shape index (κ3) is 11.7. The largest absolute Gasteiger partial charge is 0.497 e. The van der Waals surface area contributed by atoms with Crippen molar-refractivity contribution in [3.63, 3.8) is 0 Å². The average molecular weight is 824 g/mol. The molecule has 0 unspecified atom stereocenters. The summed E-state index contributed by atoms with van der Waals surface area (Å²) in [4.78, 5) is 39.7. The molecule has 0 aliphatic carbocycles. The number of amides is 1. The van der Waals surface area contributed by atoms with Crippen molar-refractivity contribution in [2.24, 2.45) is 0 Å². The molecule has 5 heterocycles. The molecule has 3 fully saturated rings. The fourth-order valence-corrected chi connectivity index (χ4v) is 7.66. The predicted molar refractivity (Wildman–Crippen MR) is 239 cm³/mol. The van der Waals surface area contributed by atoms with Gasteiger partial charge in [-0.05, 0) is 142 Å². The van der Waals surface area contributed by atoms with E-state index in [2.05, 4.69) is 32.0 Å². The van der Waals surface area contributed by atoms with E-state index in [1.165, 1.54) is 38.5 Å². The Bertz CT molecular complexity index is 2250. The molecule has 3 aliphatic rings. The number of anilines is 2. The molecule has 1 N–H and O–H groups in total. The molecule has 3 aromatic carbocycles. The van der Waals surface area contributed by atoms with Crippen LogP contribution in [0.25, 0.3) is 21.5 Å². The van der Waals surface area contributed by atoms with Gasteiger partial charge in [-0.2, -0.15) is 5.26 Å². The Morgan fingerprint density at radius 3 is 1.78 bits per heavy atom. The van der Waals surface area contributed by atoms with Gasteiger partial charge in [-0.3, -0.25) is 9.59 Å². The molecule has 1 amide bonds. The quantitative estimate of drug-likeness (QED) is 0.120. The zero-order valence-corrected chi connectivity index (χ0v) is 36.1. The van der Waals surface area contributed by atoms with Gasteiger partial charge in [0, 0.05) is 68.7 Å². The number of hydrogen-bond donors (Lipinski definition) is 1. The number of methoxy groups -OCH3 is 3. The van der Waals surface area contributed by atoms with Gasteiger partial charge >= 0.3 is 0 Å². The van der Waals surface area contributed by atoms with Crippen LogP contribution in [0.15, 0.2) is 71.5 Å². The molecule has 59 heavy (non-hydrogen) atoms. The normalized spacial score (nSPS) is 14.4. The maximum atomic E-state index is 12.1. The van der Waals surface area contributed by atoms with Gasteiger partial charge in [-0.1, -0.05) is 11.6 Å². The van der Waals surface area contributed by atoms with Gasteiger partial charge in [0.2, 0.25) is 0 Å². The fraction of sp³-hybridized carbons (Fsp3) is 0.435. The van der Waals surface area contributed by atoms with Crippen molar-refractivity contribution in [3.05, 3.63) is 93.4 Å². The number of aromatic amines is 1. The number of benzene rings is 3. The van der Waals surface area contributed by atoms with E-state index in [1.54, 1.807) is 32.3 Å². The lowest BCUT2D eigenvalue weighted by Crippen LogP contribution is -2.30. The molecule has 8 rings (SSSR count). The van der Waals surface area contributed by atoms with Gasteiger partial charge in [0.25, 0.3) is 11.5 Å². The summed E-state index contributed by atoms with van der Waals surface area (Å²) in [7, 11) is 4.93. The van der Waals surface area contributed by atoms with Crippen LogP contribution < -0.4 is 29.6 Å². The minimum Gasteiger partial charge on any atom is -0.497 e. The number of pyridine rings is 2. The summed E-state index contributed by atoms with van der Waals surface area (Å²) in [6.45, 7) is 13.5. The first-order chi connectivity index (χ1) is 28.6. The highest BCUT2D eigenvalue weighted by Crippen LogP contribution is 2.31. The zero-order chi connectivity index (χ0) is 42.3. The Hall–Kier alpha value is -5.67. The van der Waals surface area contributed by atoms with Crippen LogP contribution in [-0.2, 0) is 0 Å².